The second kappa shape index (κ2) is 6.10. The van der Waals surface area contributed by atoms with Crippen LogP contribution in [0.25, 0.3) is 0 Å². The van der Waals surface area contributed by atoms with Gasteiger partial charge < -0.3 is 9.84 Å². The van der Waals surface area contributed by atoms with Crippen LogP contribution < -0.4 is 0 Å². The van der Waals surface area contributed by atoms with Gasteiger partial charge in [-0.15, -0.1) is 0 Å². The van der Waals surface area contributed by atoms with Crippen LogP contribution in [0, 0.1) is 5.41 Å². The van der Waals surface area contributed by atoms with E-state index in [1.165, 1.54) is 25.7 Å². The van der Waals surface area contributed by atoms with E-state index in [1.807, 2.05) is 11.8 Å². The average Bonchev–Trinajstić information content (AvgIpc) is 2.83. The SMILES string of the molecule is O=C(O)CC1(CSCCCC2CCCO2)CC1. The fraction of sp³-hybridized carbons (Fsp3) is 0.923. The topological polar surface area (TPSA) is 46.5 Å². The molecule has 0 amide bonds. The molecule has 1 aliphatic heterocycles. The Hall–Kier alpha value is -0.220. The van der Waals surface area contributed by atoms with Crippen LogP contribution in [0.4, 0.5) is 0 Å². The van der Waals surface area contributed by atoms with Crippen molar-refractivity contribution >= 4 is 17.7 Å². The van der Waals surface area contributed by atoms with E-state index in [1.54, 1.807) is 0 Å². The molecule has 98 valence electrons. The van der Waals surface area contributed by atoms with Crippen LogP contribution in [-0.4, -0.2) is 35.3 Å². The van der Waals surface area contributed by atoms with Crippen molar-refractivity contribution in [2.45, 2.75) is 51.0 Å². The van der Waals surface area contributed by atoms with Gasteiger partial charge in [-0.25, -0.2) is 0 Å². The van der Waals surface area contributed by atoms with Crippen LogP contribution in [0.2, 0.25) is 0 Å². The smallest absolute Gasteiger partial charge is 0.303 e. The lowest BCUT2D eigenvalue weighted by Gasteiger charge is -2.12. The highest BCUT2D eigenvalue weighted by atomic mass is 32.2. The first-order chi connectivity index (χ1) is 8.20. The number of carbonyl (C=O) groups is 1. The molecule has 0 aromatic rings. The quantitative estimate of drug-likeness (QED) is 0.680. The number of carboxylic acids is 1. The lowest BCUT2D eigenvalue weighted by atomic mass is 10.1. The predicted molar refractivity (Wildman–Crippen MR) is 69.5 cm³/mol. The van der Waals surface area contributed by atoms with Crippen LogP contribution in [0.1, 0.15) is 44.9 Å². The van der Waals surface area contributed by atoms with Gasteiger partial charge in [-0.2, -0.15) is 11.8 Å². The van der Waals surface area contributed by atoms with Crippen LogP contribution >= 0.6 is 11.8 Å². The van der Waals surface area contributed by atoms with Crippen molar-refractivity contribution in [1.29, 1.82) is 0 Å². The van der Waals surface area contributed by atoms with E-state index in [0.717, 1.165) is 31.0 Å². The molecule has 1 atom stereocenters. The molecule has 0 spiro atoms. The van der Waals surface area contributed by atoms with Crippen LogP contribution in [0.3, 0.4) is 0 Å². The molecule has 2 fully saturated rings. The maximum Gasteiger partial charge on any atom is 0.303 e. The fourth-order valence-electron chi connectivity index (χ4n) is 2.44. The first kappa shape index (κ1) is 13.2. The van der Waals surface area contributed by atoms with E-state index >= 15 is 0 Å². The number of thioether (sulfide) groups is 1. The average molecular weight is 258 g/mol. The summed E-state index contributed by atoms with van der Waals surface area (Å²) in [6.07, 6.45) is 7.93. The van der Waals surface area contributed by atoms with E-state index in [0.29, 0.717) is 12.5 Å². The lowest BCUT2D eigenvalue weighted by molar-refractivity contribution is -0.138. The van der Waals surface area contributed by atoms with Crippen molar-refractivity contribution in [1.82, 2.24) is 0 Å². The molecule has 0 aromatic carbocycles. The summed E-state index contributed by atoms with van der Waals surface area (Å²) in [7, 11) is 0. The Bertz CT molecular complexity index is 257. The van der Waals surface area contributed by atoms with Crippen LogP contribution in [0.5, 0.6) is 0 Å². The van der Waals surface area contributed by atoms with E-state index < -0.39 is 5.97 Å². The van der Waals surface area contributed by atoms with Gasteiger partial charge in [0, 0.05) is 6.61 Å². The highest BCUT2D eigenvalue weighted by molar-refractivity contribution is 7.99. The highest BCUT2D eigenvalue weighted by Crippen LogP contribution is 2.51. The molecule has 1 saturated heterocycles. The second-order valence-electron chi connectivity index (χ2n) is 5.40. The largest absolute Gasteiger partial charge is 0.481 e. The molecule has 0 radical (unpaired) electrons. The third kappa shape index (κ3) is 4.51. The Morgan fingerprint density at radius 2 is 2.29 bits per heavy atom. The van der Waals surface area contributed by atoms with E-state index in [9.17, 15) is 4.79 Å². The Labute approximate surface area is 107 Å². The zero-order valence-electron chi connectivity index (χ0n) is 10.3. The molecule has 1 N–H and O–H groups in total. The molecule has 1 unspecified atom stereocenters. The van der Waals surface area contributed by atoms with Gasteiger partial charge in [0.1, 0.15) is 0 Å². The zero-order valence-corrected chi connectivity index (χ0v) is 11.1. The molecule has 1 saturated carbocycles. The van der Waals surface area contributed by atoms with Crippen molar-refractivity contribution in [3.8, 4) is 0 Å². The van der Waals surface area contributed by atoms with Gasteiger partial charge in [0.15, 0.2) is 0 Å². The van der Waals surface area contributed by atoms with Gasteiger partial charge in [-0.1, -0.05) is 0 Å². The molecule has 2 aliphatic rings. The molecule has 4 heteroatoms. The summed E-state index contributed by atoms with van der Waals surface area (Å²) in [5.41, 5.74) is 0.153. The summed E-state index contributed by atoms with van der Waals surface area (Å²) in [5, 5.41) is 8.81. The van der Waals surface area contributed by atoms with E-state index in [-0.39, 0.29) is 5.41 Å². The number of hydrogen-bond donors (Lipinski definition) is 1. The van der Waals surface area contributed by atoms with Gasteiger partial charge >= 0.3 is 5.97 Å². The van der Waals surface area contributed by atoms with Crippen LogP contribution in [0.15, 0.2) is 0 Å². The molecule has 17 heavy (non-hydrogen) atoms. The monoisotopic (exact) mass is 258 g/mol. The van der Waals surface area contributed by atoms with Crippen molar-refractivity contribution in [3.05, 3.63) is 0 Å². The summed E-state index contributed by atoms with van der Waals surface area (Å²) < 4.78 is 5.58. The Balaban J connectivity index is 1.49. The predicted octanol–water partition coefficient (Wildman–Crippen LogP) is 2.93. The number of carboxylic acid groups (broad SMARTS) is 1. The standard InChI is InChI=1S/C13H22O3S/c14-12(15)9-13(5-6-13)10-17-8-2-4-11-3-1-7-16-11/h11H,1-10H2,(H,14,15). The fourth-order valence-corrected chi connectivity index (χ4v) is 3.78. The zero-order chi connectivity index (χ0) is 12.1. The Morgan fingerprint density at radius 1 is 1.47 bits per heavy atom. The minimum absolute atomic E-state index is 0.153. The first-order valence-electron chi connectivity index (χ1n) is 6.61. The normalized spacial score (nSPS) is 26.0. The maximum absolute atomic E-state index is 10.7. The van der Waals surface area contributed by atoms with Crippen LogP contribution in [-0.2, 0) is 9.53 Å². The molecule has 0 aromatic heterocycles. The summed E-state index contributed by atoms with van der Waals surface area (Å²) >= 11 is 1.93. The first-order valence-corrected chi connectivity index (χ1v) is 7.77. The molecule has 1 heterocycles. The minimum atomic E-state index is -0.637. The summed E-state index contributed by atoms with van der Waals surface area (Å²) in [6.45, 7) is 0.944. The lowest BCUT2D eigenvalue weighted by Crippen LogP contribution is -2.11. The van der Waals surface area contributed by atoms with Gasteiger partial charge in [0.2, 0.25) is 0 Å². The third-order valence-corrected chi connectivity index (χ3v) is 5.12. The molecule has 3 nitrogen and oxygen atoms in total. The van der Waals surface area contributed by atoms with Gasteiger partial charge in [0.05, 0.1) is 12.5 Å². The Morgan fingerprint density at radius 3 is 2.88 bits per heavy atom. The third-order valence-electron chi connectivity index (χ3n) is 3.73. The van der Waals surface area contributed by atoms with Crippen molar-refractivity contribution in [2.75, 3.05) is 18.1 Å². The summed E-state index contributed by atoms with van der Waals surface area (Å²) in [5.74, 6) is 1.55. The molecule has 2 rings (SSSR count). The van der Waals surface area contributed by atoms with Crippen molar-refractivity contribution in [3.63, 3.8) is 0 Å². The van der Waals surface area contributed by atoms with Gasteiger partial charge in [-0.3, -0.25) is 4.79 Å². The Kier molecular flexibility index (Phi) is 4.74. The van der Waals surface area contributed by atoms with Gasteiger partial charge in [0.25, 0.3) is 0 Å². The molecule has 1 aliphatic carbocycles. The van der Waals surface area contributed by atoms with E-state index in [2.05, 4.69) is 0 Å². The number of aliphatic carboxylic acids is 1. The number of rotatable bonds is 8. The summed E-state index contributed by atoms with van der Waals surface area (Å²) in [6, 6.07) is 0. The molecular formula is C13H22O3S. The molecule has 0 bridgehead atoms. The molecular weight excluding hydrogens is 236 g/mol. The number of ether oxygens (including phenoxy) is 1. The number of hydrogen-bond acceptors (Lipinski definition) is 3. The minimum Gasteiger partial charge on any atom is -0.481 e. The van der Waals surface area contributed by atoms with Crippen molar-refractivity contribution < 1.29 is 14.6 Å². The van der Waals surface area contributed by atoms with Crippen molar-refractivity contribution in [2.24, 2.45) is 5.41 Å². The highest BCUT2D eigenvalue weighted by Gasteiger charge is 2.43. The maximum atomic E-state index is 10.7. The second-order valence-corrected chi connectivity index (χ2v) is 6.51. The van der Waals surface area contributed by atoms with Gasteiger partial charge in [-0.05, 0) is 55.4 Å². The van der Waals surface area contributed by atoms with E-state index in [4.69, 9.17) is 9.84 Å². The summed E-state index contributed by atoms with van der Waals surface area (Å²) in [4.78, 5) is 10.7.